The Morgan fingerprint density at radius 1 is 0.556 bits per heavy atom. The summed E-state index contributed by atoms with van der Waals surface area (Å²) in [4.78, 5) is 25.5. The normalized spacial score (nSPS) is 14.3. The van der Waals surface area contributed by atoms with E-state index in [4.69, 9.17) is 9.05 Å². The fourth-order valence-corrected chi connectivity index (χ4v) is 8.59. The van der Waals surface area contributed by atoms with Gasteiger partial charge in [-0.15, -0.1) is 0 Å². The van der Waals surface area contributed by atoms with Crippen LogP contribution in [0.15, 0.2) is 36.5 Å². The zero-order valence-corrected chi connectivity index (χ0v) is 43.2. The molecule has 0 aliphatic rings. The Hall–Kier alpha value is -1.28. The van der Waals surface area contributed by atoms with Gasteiger partial charge in [-0.25, -0.2) is 0 Å². The maximum Gasteiger partial charge on any atom is 0.268 e. The number of unbranched alkanes of at least 4 members (excludes halogenated alkanes) is 30. The van der Waals surface area contributed by atoms with Crippen molar-refractivity contribution in [2.45, 2.75) is 264 Å². The number of hydrogen-bond acceptors (Lipinski definition) is 6. The van der Waals surface area contributed by atoms with Crippen molar-refractivity contribution in [2.75, 3.05) is 40.9 Å². The highest BCUT2D eigenvalue weighted by molar-refractivity contribution is 7.45. The third-order valence-electron chi connectivity index (χ3n) is 12.1. The number of rotatable bonds is 49. The van der Waals surface area contributed by atoms with Gasteiger partial charge in [0.05, 0.1) is 39.9 Å². The molecule has 3 atom stereocenters. The molecule has 1 amide bonds. The van der Waals surface area contributed by atoms with Crippen LogP contribution in [0.2, 0.25) is 0 Å². The van der Waals surface area contributed by atoms with Crippen molar-refractivity contribution in [2.24, 2.45) is 0 Å². The third-order valence-corrected chi connectivity index (χ3v) is 13.1. The molecule has 0 spiro atoms. The molecular formula is C54H105N2O6P. The van der Waals surface area contributed by atoms with Crippen LogP contribution >= 0.6 is 7.82 Å². The molecule has 0 aromatic rings. The van der Waals surface area contributed by atoms with Crippen LogP contribution in [-0.4, -0.2) is 68.5 Å². The number of phosphoric ester groups is 1. The minimum atomic E-state index is -4.57. The maximum absolute atomic E-state index is 13.0. The summed E-state index contributed by atoms with van der Waals surface area (Å²) in [6, 6.07) is -0.805. The van der Waals surface area contributed by atoms with Crippen molar-refractivity contribution in [1.29, 1.82) is 0 Å². The molecule has 372 valence electrons. The molecule has 0 aromatic carbocycles. The fourth-order valence-electron chi connectivity index (χ4n) is 7.87. The molecule has 0 saturated carbocycles. The average molecular weight is 909 g/mol. The Morgan fingerprint density at radius 3 is 1.33 bits per heavy atom. The molecule has 0 bridgehead atoms. The number of amides is 1. The van der Waals surface area contributed by atoms with Crippen LogP contribution in [0.5, 0.6) is 0 Å². The summed E-state index contributed by atoms with van der Waals surface area (Å²) in [6.45, 7) is 4.72. The second-order valence-electron chi connectivity index (χ2n) is 19.6. The topological polar surface area (TPSA) is 108 Å². The Labute approximate surface area is 391 Å². The molecule has 8 nitrogen and oxygen atoms in total. The van der Waals surface area contributed by atoms with Gasteiger partial charge >= 0.3 is 0 Å². The molecule has 0 radical (unpaired) electrons. The zero-order valence-electron chi connectivity index (χ0n) is 42.3. The molecule has 0 saturated heterocycles. The van der Waals surface area contributed by atoms with Gasteiger partial charge in [-0.3, -0.25) is 9.36 Å². The number of carbonyl (C=O) groups is 1. The Morgan fingerprint density at radius 2 is 0.921 bits per heavy atom. The Bertz CT molecular complexity index is 1120. The lowest BCUT2D eigenvalue weighted by Crippen LogP contribution is -2.46. The second kappa shape index (κ2) is 45.9. The smallest absolute Gasteiger partial charge is 0.268 e. The molecule has 0 fully saturated rings. The lowest BCUT2D eigenvalue weighted by Gasteiger charge is -2.30. The highest BCUT2D eigenvalue weighted by atomic mass is 31.2. The van der Waals surface area contributed by atoms with Crippen molar-refractivity contribution in [3.63, 3.8) is 0 Å². The van der Waals surface area contributed by atoms with Crippen LogP contribution in [0.3, 0.4) is 0 Å². The highest BCUT2D eigenvalue weighted by Crippen LogP contribution is 2.38. The van der Waals surface area contributed by atoms with Gasteiger partial charge in [-0.05, 0) is 51.4 Å². The van der Waals surface area contributed by atoms with E-state index in [-0.39, 0.29) is 19.1 Å². The predicted octanol–water partition coefficient (Wildman–Crippen LogP) is 15.2. The summed E-state index contributed by atoms with van der Waals surface area (Å²) in [5, 5.41) is 14.0. The standard InChI is InChI=1S/C54H105N2O6P/c1-6-8-10-12-14-16-18-20-22-24-26-27-28-29-30-32-34-36-38-40-42-44-46-48-54(58)55-52(51-62-63(59,60)61-50-49-56(3,4)5)53(57)47-45-43-41-39-37-35-33-31-25-23-21-19-17-15-13-11-9-7-2/h18,20,24,26,28-29,52-53,57H,6-17,19,21-23,25,27,30-51H2,1-5H3,(H-,55,58,59,60)/b20-18-,26-24-,29-28-. The van der Waals surface area contributed by atoms with Crippen LogP contribution in [0.25, 0.3) is 0 Å². The predicted molar refractivity (Wildman–Crippen MR) is 270 cm³/mol. The third kappa shape index (κ3) is 48.5. The fraction of sp³-hybridized carbons (Fsp3) is 0.870. The quantitative estimate of drug-likeness (QED) is 0.0272. The van der Waals surface area contributed by atoms with Crippen LogP contribution in [0.4, 0.5) is 0 Å². The van der Waals surface area contributed by atoms with Crippen LogP contribution in [0.1, 0.15) is 251 Å². The van der Waals surface area contributed by atoms with Crippen molar-refractivity contribution >= 4 is 13.7 Å². The van der Waals surface area contributed by atoms with E-state index >= 15 is 0 Å². The molecule has 0 heterocycles. The molecule has 2 N–H and O–H groups in total. The van der Waals surface area contributed by atoms with Gasteiger partial charge in [0.25, 0.3) is 7.82 Å². The lowest BCUT2D eigenvalue weighted by molar-refractivity contribution is -0.870. The van der Waals surface area contributed by atoms with Gasteiger partial charge in [0, 0.05) is 6.42 Å². The summed E-state index contributed by atoms with van der Waals surface area (Å²) in [5.41, 5.74) is 0. The summed E-state index contributed by atoms with van der Waals surface area (Å²) < 4.78 is 23.4. The largest absolute Gasteiger partial charge is 0.756 e. The van der Waals surface area contributed by atoms with E-state index in [1.54, 1.807) is 0 Å². The van der Waals surface area contributed by atoms with Gasteiger partial charge < -0.3 is 28.8 Å². The molecule has 63 heavy (non-hydrogen) atoms. The monoisotopic (exact) mass is 909 g/mol. The van der Waals surface area contributed by atoms with E-state index in [0.717, 1.165) is 57.8 Å². The Balaban J connectivity index is 4.25. The molecule has 0 aliphatic carbocycles. The lowest BCUT2D eigenvalue weighted by atomic mass is 10.0. The van der Waals surface area contributed by atoms with Crippen molar-refractivity contribution in [1.82, 2.24) is 5.32 Å². The number of nitrogens with one attached hydrogen (secondary N) is 1. The number of hydrogen-bond donors (Lipinski definition) is 2. The van der Waals surface area contributed by atoms with E-state index in [2.05, 4.69) is 55.6 Å². The highest BCUT2D eigenvalue weighted by Gasteiger charge is 2.24. The number of carbonyl (C=O) groups excluding carboxylic acids is 1. The van der Waals surface area contributed by atoms with Crippen molar-refractivity contribution < 1.29 is 32.9 Å². The number of nitrogens with zero attached hydrogens (tertiary/aromatic N) is 1. The van der Waals surface area contributed by atoms with E-state index in [9.17, 15) is 19.4 Å². The number of aliphatic hydroxyl groups is 1. The van der Waals surface area contributed by atoms with Crippen LogP contribution in [0, 0.1) is 0 Å². The van der Waals surface area contributed by atoms with E-state index < -0.39 is 20.0 Å². The maximum atomic E-state index is 13.0. The summed E-state index contributed by atoms with van der Waals surface area (Å²) in [5.74, 6) is -0.170. The summed E-state index contributed by atoms with van der Waals surface area (Å²) in [7, 11) is 1.30. The first-order valence-corrected chi connectivity index (χ1v) is 28.3. The number of aliphatic hydroxyl groups excluding tert-OH is 1. The van der Waals surface area contributed by atoms with E-state index in [1.165, 1.54) is 167 Å². The Kier molecular flexibility index (Phi) is 44.9. The van der Waals surface area contributed by atoms with Gasteiger partial charge in [-0.2, -0.15) is 0 Å². The van der Waals surface area contributed by atoms with Gasteiger partial charge in [0.15, 0.2) is 0 Å². The van der Waals surface area contributed by atoms with Crippen LogP contribution in [-0.2, 0) is 18.4 Å². The second-order valence-corrected chi connectivity index (χ2v) is 21.0. The first-order chi connectivity index (χ1) is 30.5. The minimum Gasteiger partial charge on any atom is -0.756 e. The first kappa shape index (κ1) is 61.7. The molecule has 0 aliphatic heterocycles. The molecule has 0 aromatic heterocycles. The number of likely N-dealkylation sites (N-methyl/N-ethyl adjacent to an activating group) is 1. The van der Waals surface area contributed by atoms with Crippen molar-refractivity contribution in [3.8, 4) is 0 Å². The van der Waals surface area contributed by atoms with Crippen molar-refractivity contribution in [3.05, 3.63) is 36.5 Å². The number of phosphoric acid groups is 1. The van der Waals surface area contributed by atoms with E-state index in [1.807, 2.05) is 21.1 Å². The van der Waals surface area contributed by atoms with Gasteiger partial charge in [-0.1, -0.05) is 230 Å². The molecule has 9 heteroatoms. The SMILES string of the molecule is CCCCCCC/C=C\C/C=C\C/C=C\CCCCCCCCCCC(=O)NC(COP(=O)([O-])OCC[N+](C)(C)C)C(O)CCCCCCCCCCCCCCCCCCCC. The van der Waals surface area contributed by atoms with E-state index in [0.29, 0.717) is 23.9 Å². The first-order valence-electron chi connectivity index (χ1n) is 26.8. The van der Waals surface area contributed by atoms with Gasteiger partial charge in [0.2, 0.25) is 5.91 Å². The minimum absolute atomic E-state index is 0.0104. The molecular weight excluding hydrogens is 804 g/mol. The summed E-state index contributed by atoms with van der Waals surface area (Å²) >= 11 is 0. The number of quaternary nitrogens is 1. The summed E-state index contributed by atoms with van der Waals surface area (Å²) in [6.07, 6.45) is 57.2. The molecule has 3 unspecified atom stereocenters. The number of allylic oxidation sites excluding steroid dienone is 6. The van der Waals surface area contributed by atoms with Crippen LogP contribution < -0.4 is 10.2 Å². The molecule has 0 rings (SSSR count). The zero-order chi connectivity index (χ0) is 46.4. The average Bonchev–Trinajstić information content (AvgIpc) is 3.24. The van der Waals surface area contributed by atoms with Gasteiger partial charge in [0.1, 0.15) is 13.2 Å².